The minimum Gasteiger partial charge on any atom is -0.493 e. The number of nitrogens with one attached hydrogen (secondary N) is 1. The van der Waals surface area contributed by atoms with Crippen molar-refractivity contribution in [3.05, 3.63) is 95.3 Å². The number of aromatic nitrogens is 2. The summed E-state index contributed by atoms with van der Waals surface area (Å²) in [7, 11) is 0. The van der Waals surface area contributed by atoms with Crippen LogP contribution in [-0.4, -0.2) is 22.1 Å². The number of carbonyl (C=O) groups is 1. The van der Waals surface area contributed by atoms with Gasteiger partial charge >= 0.3 is 0 Å². The fourth-order valence-corrected chi connectivity index (χ4v) is 3.97. The summed E-state index contributed by atoms with van der Waals surface area (Å²) in [5, 5.41) is 3.02. The SMILES string of the molecule is Cc1ccc(C(=O)NCc2nc3ccccc3n2CCCOc2ccccc2C(C)C)cc1. The van der Waals surface area contributed by atoms with Gasteiger partial charge in [-0.3, -0.25) is 4.79 Å². The van der Waals surface area contributed by atoms with Gasteiger partial charge in [0.15, 0.2) is 0 Å². The van der Waals surface area contributed by atoms with Crippen LogP contribution in [0.5, 0.6) is 5.75 Å². The molecule has 0 aliphatic carbocycles. The average molecular weight is 442 g/mol. The average Bonchev–Trinajstić information content (AvgIpc) is 3.18. The Balaban J connectivity index is 1.43. The van der Waals surface area contributed by atoms with Gasteiger partial charge in [0, 0.05) is 12.1 Å². The number of fused-ring (bicyclic) bond motifs is 1. The Morgan fingerprint density at radius 1 is 1.00 bits per heavy atom. The van der Waals surface area contributed by atoms with Gasteiger partial charge in [-0.1, -0.05) is 61.9 Å². The van der Waals surface area contributed by atoms with Gasteiger partial charge in [-0.25, -0.2) is 4.98 Å². The number of hydrogen-bond acceptors (Lipinski definition) is 3. The highest BCUT2D eigenvalue weighted by Gasteiger charge is 2.13. The molecule has 3 aromatic carbocycles. The number of aryl methyl sites for hydroxylation is 2. The van der Waals surface area contributed by atoms with E-state index in [1.165, 1.54) is 5.56 Å². The highest BCUT2D eigenvalue weighted by atomic mass is 16.5. The van der Waals surface area contributed by atoms with Gasteiger partial charge in [-0.05, 0) is 55.2 Å². The predicted molar refractivity (Wildman–Crippen MR) is 133 cm³/mol. The van der Waals surface area contributed by atoms with Crippen molar-refractivity contribution in [1.29, 1.82) is 0 Å². The minimum absolute atomic E-state index is 0.0952. The van der Waals surface area contributed by atoms with Crippen molar-refractivity contribution in [3.63, 3.8) is 0 Å². The third kappa shape index (κ3) is 5.43. The summed E-state index contributed by atoms with van der Waals surface area (Å²) in [4.78, 5) is 17.4. The number of amides is 1. The van der Waals surface area contributed by atoms with Crippen LogP contribution in [0.3, 0.4) is 0 Å². The van der Waals surface area contributed by atoms with E-state index in [-0.39, 0.29) is 5.91 Å². The van der Waals surface area contributed by atoms with Crippen molar-refractivity contribution in [3.8, 4) is 5.75 Å². The van der Waals surface area contributed by atoms with Gasteiger partial charge in [0.1, 0.15) is 11.6 Å². The summed E-state index contributed by atoms with van der Waals surface area (Å²) in [6, 6.07) is 23.9. The predicted octanol–water partition coefficient (Wildman–Crippen LogP) is 5.87. The van der Waals surface area contributed by atoms with E-state index in [9.17, 15) is 4.79 Å². The number of imidazole rings is 1. The largest absolute Gasteiger partial charge is 0.493 e. The molecule has 0 aliphatic heterocycles. The van der Waals surface area contributed by atoms with Gasteiger partial charge in [0.05, 0.1) is 24.2 Å². The maximum absolute atomic E-state index is 12.6. The molecular formula is C28H31N3O2. The van der Waals surface area contributed by atoms with Crippen molar-refractivity contribution in [1.82, 2.24) is 14.9 Å². The summed E-state index contributed by atoms with van der Waals surface area (Å²) < 4.78 is 8.29. The Labute approximate surface area is 195 Å². The van der Waals surface area contributed by atoms with Crippen LogP contribution in [0.25, 0.3) is 11.0 Å². The second kappa shape index (κ2) is 10.3. The van der Waals surface area contributed by atoms with Gasteiger partial charge in [0.25, 0.3) is 5.91 Å². The zero-order valence-electron chi connectivity index (χ0n) is 19.5. The Bertz CT molecular complexity index is 1230. The van der Waals surface area contributed by atoms with Crippen molar-refractivity contribution in [2.24, 2.45) is 0 Å². The van der Waals surface area contributed by atoms with E-state index >= 15 is 0 Å². The Morgan fingerprint density at radius 2 is 1.73 bits per heavy atom. The van der Waals surface area contributed by atoms with Gasteiger partial charge in [0.2, 0.25) is 0 Å². The second-order valence-electron chi connectivity index (χ2n) is 8.61. The van der Waals surface area contributed by atoms with E-state index in [0.29, 0.717) is 24.6 Å². The van der Waals surface area contributed by atoms with Crippen LogP contribution in [0, 0.1) is 6.92 Å². The zero-order chi connectivity index (χ0) is 23.2. The van der Waals surface area contributed by atoms with Crippen molar-refractivity contribution >= 4 is 16.9 Å². The first kappa shape index (κ1) is 22.6. The minimum atomic E-state index is -0.0952. The van der Waals surface area contributed by atoms with Crippen LogP contribution in [0.15, 0.2) is 72.8 Å². The van der Waals surface area contributed by atoms with Crippen LogP contribution in [0.4, 0.5) is 0 Å². The van der Waals surface area contributed by atoms with Crippen LogP contribution in [0.2, 0.25) is 0 Å². The van der Waals surface area contributed by atoms with E-state index in [1.807, 2.05) is 61.5 Å². The summed E-state index contributed by atoms with van der Waals surface area (Å²) in [6.07, 6.45) is 0.839. The molecule has 0 aliphatic rings. The molecule has 1 amide bonds. The molecule has 0 radical (unpaired) electrons. The molecule has 1 N–H and O–H groups in total. The number of para-hydroxylation sites is 3. The lowest BCUT2D eigenvalue weighted by Crippen LogP contribution is -2.25. The first-order chi connectivity index (χ1) is 16.0. The Kier molecular flexibility index (Phi) is 7.08. The van der Waals surface area contributed by atoms with Gasteiger partial charge in [-0.15, -0.1) is 0 Å². The number of ether oxygens (including phenoxy) is 1. The molecule has 0 bridgehead atoms. The smallest absolute Gasteiger partial charge is 0.251 e. The summed E-state index contributed by atoms with van der Waals surface area (Å²) >= 11 is 0. The van der Waals surface area contributed by atoms with Gasteiger partial charge < -0.3 is 14.6 Å². The number of nitrogens with zero attached hydrogens (tertiary/aromatic N) is 2. The molecule has 0 saturated heterocycles. The fourth-order valence-electron chi connectivity index (χ4n) is 3.97. The monoisotopic (exact) mass is 441 g/mol. The molecule has 4 aromatic rings. The molecule has 1 heterocycles. The molecule has 5 nitrogen and oxygen atoms in total. The van der Waals surface area contributed by atoms with Crippen LogP contribution < -0.4 is 10.1 Å². The summed E-state index contributed by atoms with van der Waals surface area (Å²) in [6.45, 7) is 8.12. The highest BCUT2D eigenvalue weighted by Crippen LogP contribution is 2.26. The van der Waals surface area contributed by atoms with Crippen molar-refractivity contribution < 1.29 is 9.53 Å². The lowest BCUT2D eigenvalue weighted by atomic mass is 10.0. The van der Waals surface area contributed by atoms with E-state index in [4.69, 9.17) is 9.72 Å². The molecular weight excluding hydrogens is 410 g/mol. The second-order valence-corrected chi connectivity index (χ2v) is 8.61. The topological polar surface area (TPSA) is 56.2 Å². The molecule has 4 rings (SSSR count). The number of rotatable bonds is 9. The number of carbonyl (C=O) groups excluding carboxylic acids is 1. The standard InChI is InChI=1S/C28H31N3O2/c1-20(2)23-9-4-7-12-26(23)33-18-8-17-31-25-11-6-5-10-24(25)30-27(31)19-29-28(32)22-15-13-21(3)14-16-22/h4-7,9-16,20H,8,17-19H2,1-3H3,(H,29,32). The third-order valence-corrected chi connectivity index (χ3v) is 5.78. The third-order valence-electron chi connectivity index (χ3n) is 5.78. The molecule has 0 spiro atoms. The molecule has 33 heavy (non-hydrogen) atoms. The summed E-state index contributed by atoms with van der Waals surface area (Å²) in [5.41, 5.74) is 5.01. The van der Waals surface area contributed by atoms with Crippen LogP contribution >= 0.6 is 0 Å². The van der Waals surface area contributed by atoms with Crippen LogP contribution in [0.1, 0.15) is 53.5 Å². The normalized spacial score (nSPS) is 11.2. The molecule has 0 atom stereocenters. The molecule has 170 valence electrons. The first-order valence-electron chi connectivity index (χ1n) is 11.5. The van der Waals surface area contributed by atoms with E-state index < -0.39 is 0 Å². The fraction of sp³-hybridized carbons (Fsp3) is 0.286. The van der Waals surface area contributed by atoms with E-state index in [0.717, 1.165) is 41.1 Å². The lowest BCUT2D eigenvalue weighted by molar-refractivity contribution is 0.0949. The molecule has 1 aromatic heterocycles. The van der Waals surface area contributed by atoms with Crippen LogP contribution in [-0.2, 0) is 13.1 Å². The molecule has 0 unspecified atom stereocenters. The number of hydrogen-bond donors (Lipinski definition) is 1. The maximum atomic E-state index is 12.6. The molecule has 0 saturated carbocycles. The van der Waals surface area contributed by atoms with E-state index in [1.54, 1.807) is 0 Å². The lowest BCUT2D eigenvalue weighted by Gasteiger charge is -2.15. The molecule has 5 heteroatoms. The van der Waals surface area contributed by atoms with Crippen molar-refractivity contribution in [2.75, 3.05) is 6.61 Å². The van der Waals surface area contributed by atoms with Crippen molar-refractivity contribution in [2.45, 2.75) is 46.2 Å². The van der Waals surface area contributed by atoms with Gasteiger partial charge in [-0.2, -0.15) is 0 Å². The zero-order valence-corrected chi connectivity index (χ0v) is 19.5. The number of benzene rings is 3. The van der Waals surface area contributed by atoms with E-state index in [2.05, 4.69) is 41.9 Å². The molecule has 0 fully saturated rings. The first-order valence-corrected chi connectivity index (χ1v) is 11.5. The Morgan fingerprint density at radius 3 is 2.52 bits per heavy atom. The maximum Gasteiger partial charge on any atom is 0.251 e. The highest BCUT2D eigenvalue weighted by molar-refractivity contribution is 5.94. The summed E-state index contributed by atoms with van der Waals surface area (Å²) in [5.74, 6) is 2.12. The Hall–Kier alpha value is -3.60. The quantitative estimate of drug-likeness (QED) is 0.331.